The quantitative estimate of drug-likeness (QED) is 0.396. The molecule has 0 aliphatic heterocycles. The maximum atomic E-state index is 12.9. The first-order chi connectivity index (χ1) is 14.6. The summed E-state index contributed by atoms with van der Waals surface area (Å²) in [5.74, 6) is -0.195. The van der Waals surface area contributed by atoms with E-state index in [1.807, 2.05) is 54.6 Å². The van der Waals surface area contributed by atoms with Gasteiger partial charge >= 0.3 is 0 Å². The summed E-state index contributed by atoms with van der Waals surface area (Å²) in [6.45, 7) is 0. The van der Waals surface area contributed by atoms with Crippen molar-refractivity contribution < 1.29 is 4.79 Å². The predicted molar refractivity (Wildman–Crippen MR) is 126 cm³/mol. The van der Waals surface area contributed by atoms with Gasteiger partial charge in [-0.05, 0) is 61.1 Å². The molecule has 0 fully saturated rings. The lowest BCUT2D eigenvalue weighted by molar-refractivity contribution is 0.103. The van der Waals surface area contributed by atoms with Crippen LogP contribution in [0.15, 0.2) is 54.6 Å². The largest absolute Gasteiger partial charge is 0.397 e. The number of nitrogen functional groups attached to an aromatic ring is 1. The number of benzene rings is 2. The number of para-hydroxylation sites is 1. The van der Waals surface area contributed by atoms with Gasteiger partial charge in [-0.15, -0.1) is 11.3 Å². The fourth-order valence-corrected chi connectivity index (χ4v) is 5.29. The monoisotopic (exact) mass is 433 g/mol. The minimum absolute atomic E-state index is 0.195. The Balaban J connectivity index is 1.65. The molecule has 0 atom stereocenters. The second-order valence-corrected chi connectivity index (χ2v) is 8.91. The molecule has 1 amide bonds. The van der Waals surface area contributed by atoms with Crippen LogP contribution in [0.5, 0.6) is 0 Å². The number of rotatable bonds is 3. The van der Waals surface area contributed by atoms with Crippen LogP contribution in [0.4, 0.5) is 11.4 Å². The van der Waals surface area contributed by atoms with Gasteiger partial charge in [-0.1, -0.05) is 41.9 Å². The van der Waals surface area contributed by atoms with Gasteiger partial charge in [0.25, 0.3) is 5.91 Å². The number of aryl methyl sites for hydroxylation is 1. The number of anilines is 2. The molecule has 30 heavy (non-hydrogen) atoms. The molecule has 6 heteroatoms. The fraction of sp³-hybridized carbons (Fsp3) is 0.167. The number of carbonyl (C=O) groups is 1. The average molecular weight is 434 g/mol. The van der Waals surface area contributed by atoms with Crippen molar-refractivity contribution >= 4 is 50.4 Å². The number of hydrogen-bond donors (Lipinski definition) is 2. The van der Waals surface area contributed by atoms with Crippen molar-refractivity contribution in [1.82, 2.24) is 4.98 Å². The molecule has 2 heterocycles. The summed E-state index contributed by atoms with van der Waals surface area (Å²) in [6, 6.07) is 17.2. The van der Waals surface area contributed by atoms with E-state index in [0.29, 0.717) is 15.6 Å². The molecular weight excluding hydrogens is 414 g/mol. The molecule has 1 aliphatic rings. The van der Waals surface area contributed by atoms with Crippen molar-refractivity contribution in [1.29, 1.82) is 0 Å². The van der Waals surface area contributed by atoms with E-state index in [2.05, 4.69) is 5.32 Å². The van der Waals surface area contributed by atoms with Gasteiger partial charge in [-0.25, -0.2) is 4.98 Å². The van der Waals surface area contributed by atoms with E-state index in [9.17, 15) is 4.79 Å². The molecule has 1 aliphatic carbocycles. The lowest BCUT2D eigenvalue weighted by Crippen LogP contribution is -2.12. The molecule has 0 spiro atoms. The van der Waals surface area contributed by atoms with Crippen molar-refractivity contribution in [3.05, 3.63) is 75.6 Å². The van der Waals surface area contributed by atoms with Crippen LogP contribution in [-0.2, 0) is 12.8 Å². The van der Waals surface area contributed by atoms with E-state index in [1.54, 1.807) is 0 Å². The van der Waals surface area contributed by atoms with Crippen molar-refractivity contribution in [2.24, 2.45) is 0 Å². The van der Waals surface area contributed by atoms with E-state index in [1.165, 1.54) is 22.5 Å². The van der Waals surface area contributed by atoms with Gasteiger partial charge in [0.2, 0.25) is 0 Å². The third kappa shape index (κ3) is 3.34. The zero-order valence-electron chi connectivity index (χ0n) is 16.2. The van der Waals surface area contributed by atoms with Crippen LogP contribution in [0.25, 0.3) is 21.5 Å². The molecule has 150 valence electrons. The number of hydrogen-bond acceptors (Lipinski definition) is 4. The highest BCUT2D eigenvalue weighted by atomic mass is 35.5. The number of carbonyl (C=O) groups excluding carboxylic acids is 1. The first-order valence-electron chi connectivity index (χ1n) is 9.98. The van der Waals surface area contributed by atoms with Crippen molar-refractivity contribution in [3.8, 4) is 11.3 Å². The summed E-state index contributed by atoms with van der Waals surface area (Å²) >= 11 is 7.45. The van der Waals surface area contributed by atoms with E-state index < -0.39 is 0 Å². The predicted octanol–water partition coefficient (Wildman–Crippen LogP) is 6.33. The Morgan fingerprint density at radius 3 is 2.43 bits per heavy atom. The third-order valence-corrected chi connectivity index (χ3v) is 6.90. The van der Waals surface area contributed by atoms with Crippen molar-refractivity contribution in [2.75, 3.05) is 11.1 Å². The Bertz CT molecular complexity index is 1250. The summed E-state index contributed by atoms with van der Waals surface area (Å²) in [5, 5.41) is 4.59. The van der Waals surface area contributed by atoms with Gasteiger partial charge in [-0.2, -0.15) is 0 Å². The van der Waals surface area contributed by atoms with E-state index in [0.717, 1.165) is 52.8 Å². The van der Waals surface area contributed by atoms with Crippen LogP contribution in [-0.4, -0.2) is 10.9 Å². The Hall–Kier alpha value is -2.89. The Labute approximate surface area is 183 Å². The number of halogens is 1. The van der Waals surface area contributed by atoms with Crippen molar-refractivity contribution in [2.45, 2.75) is 25.7 Å². The highest BCUT2D eigenvalue weighted by molar-refractivity contribution is 7.21. The first kappa shape index (κ1) is 19.1. The SMILES string of the molecule is Nc1c(C(=O)Nc2ccccc2)sc2nc(-c3ccc(Cl)cc3)c3c(c12)CCCC3. The topological polar surface area (TPSA) is 68.0 Å². The maximum absolute atomic E-state index is 12.9. The number of thiophene rings is 1. The number of nitrogens with one attached hydrogen (secondary N) is 1. The van der Waals surface area contributed by atoms with Crippen LogP contribution in [0.2, 0.25) is 5.02 Å². The van der Waals surface area contributed by atoms with Crippen LogP contribution >= 0.6 is 22.9 Å². The molecule has 0 saturated carbocycles. The molecule has 5 rings (SSSR count). The van der Waals surface area contributed by atoms with Gasteiger partial charge in [0, 0.05) is 21.7 Å². The van der Waals surface area contributed by atoms with Crippen LogP contribution in [0, 0.1) is 0 Å². The highest BCUT2D eigenvalue weighted by Gasteiger charge is 2.25. The fourth-order valence-electron chi connectivity index (χ4n) is 4.14. The number of fused-ring (bicyclic) bond motifs is 3. The molecule has 0 bridgehead atoms. The minimum Gasteiger partial charge on any atom is -0.397 e. The molecule has 2 aromatic heterocycles. The Morgan fingerprint density at radius 1 is 1.00 bits per heavy atom. The van der Waals surface area contributed by atoms with Gasteiger partial charge in [-0.3, -0.25) is 4.79 Å². The second-order valence-electron chi connectivity index (χ2n) is 7.48. The number of nitrogens with two attached hydrogens (primary N) is 1. The van der Waals surface area contributed by atoms with E-state index >= 15 is 0 Å². The summed E-state index contributed by atoms with van der Waals surface area (Å²) < 4.78 is 0. The summed E-state index contributed by atoms with van der Waals surface area (Å²) in [4.78, 5) is 19.2. The van der Waals surface area contributed by atoms with Crippen LogP contribution < -0.4 is 11.1 Å². The Morgan fingerprint density at radius 2 is 1.70 bits per heavy atom. The maximum Gasteiger partial charge on any atom is 0.267 e. The molecule has 0 radical (unpaired) electrons. The number of amides is 1. The molecular formula is C24H20ClN3OS. The van der Waals surface area contributed by atoms with Gasteiger partial charge < -0.3 is 11.1 Å². The second kappa shape index (κ2) is 7.74. The van der Waals surface area contributed by atoms with Crippen molar-refractivity contribution in [3.63, 3.8) is 0 Å². The van der Waals surface area contributed by atoms with Gasteiger partial charge in [0.15, 0.2) is 0 Å². The molecule has 4 aromatic rings. The molecule has 2 aromatic carbocycles. The molecule has 0 saturated heterocycles. The lowest BCUT2D eigenvalue weighted by Gasteiger charge is -2.20. The Kier molecular flexibility index (Phi) is 4.93. The van der Waals surface area contributed by atoms with Crippen LogP contribution in [0.3, 0.4) is 0 Å². The normalized spacial score (nSPS) is 13.2. The molecule has 3 N–H and O–H groups in total. The number of aromatic nitrogens is 1. The van der Waals surface area contributed by atoms with Gasteiger partial charge in [0.1, 0.15) is 9.71 Å². The molecule has 4 nitrogen and oxygen atoms in total. The third-order valence-electron chi connectivity index (χ3n) is 5.55. The summed E-state index contributed by atoms with van der Waals surface area (Å²) in [7, 11) is 0. The minimum atomic E-state index is -0.195. The lowest BCUT2D eigenvalue weighted by atomic mass is 9.87. The summed E-state index contributed by atoms with van der Waals surface area (Å²) in [6.07, 6.45) is 4.17. The first-order valence-corrected chi connectivity index (χ1v) is 11.2. The van der Waals surface area contributed by atoms with Crippen LogP contribution in [0.1, 0.15) is 33.6 Å². The zero-order chi connectivity index (χ0) is 20.7. The zero-order valence-corrected chi connectivity index (χ0v) is 17.8. The number of nitrogens with zero attached hydrogens (tertiary/aromatic N) is 1. The summed E-state index contributed by atoms with van der Waals surface area (Å²) in [5.41, 5.74) is 12.3. The van der Waals surface area contributed by atoms with Gasteiger partial charge in [0.05, 0.1) is 11.4 Å². The smallest absolute Gasteiger partial charge is 0.267 e. The average Bonchev–Trinajstić information content (AvgIpc) is 3.11. The number of pyridine rings is 1. The highest BCUT2D eigenvalue weighted by Crippen LogP contribution is 2.42. The standard InChI is InChI=1S/C24H20ClN3OS/c25-15-12-10-14(11-13-15)21-18-9-5-4-8-17(18)19-20(26)22(30-24(19)28-21)23(29)27-16-6-2-1-3-7-16/h1-3,6-7,10-13H,4-5,8-9,26H2,(H,27,29). The van der Waals surface area contributed by atoms with E-state index in [-0.39, 0.29) is 5.91 Å². The molecule has 0 unspecified atom stereocenters. The van der Waals surface area contributed by atoms with E-state index in [4.69, 9.17) is 22.3 Å².